The number of para-hydroxylation sites is 1. The summed E-state index contributed by atoms with van der Waals surface area (Å²) in [6.07, 6.45) is 3.08. The molecule has 0 N–H and O–H groups in total. The lowest BCUT2D eigenvalue weighted by Crippen LogP contribution is -2.29. The molecule has 36 heavy (non-hydrogen) atoms. The number of halogens is 1. The smallest absolute Gasteiger partial charge is 0.224 e. The zero-order valence-corrected chi connectivity index (χ0v) is 21.5. The Bertz CT molecular complexity index is 2000. The van der Waals surface area contributed by atoms with Gasteiger partial charge in [0.1, 0.15) is 13.7 Å². The normalized spacial score (nSPS) is 12.9. The molecule has 0 aliphatic heterocycles. The van der Waals surface area contributed by atoms with E-state index in [9.17, 15) is 4.39 Å². The molecule has 0 atom stereocenters. The van der Waals surface area contributed by atoms with Gasteiger partial charge in [-0.1, -0.05) is 63.2 Å². The Morgan fingerprint density at radius 2 is 1.53 bits per heavy atom. The number of rotatable bonds is 2. The Balaban J connectivity index is 1.95. The monoisotopic (exact) mass is 473 g/mol. The maximum absolute atomic E-state index is 14.6. The van der Waals surface area contributed by atoms with E-state index in [4.69, 9.17) is 0 Å². The molecule has 3 heteroatoms. The number of nitrogens with zero attached hydrogens (tertiary/aromatic N) is 2. The number of hydrogen-bond donors (Lipinski definition) is 0. The van der Waals surface area contributed by atoms with Crippen molar-refractivity contribution in [2.24, 2.45) is 12.5 Å². The molecule has 7 aromatic rings. The number of hydrogen-bond acceptors (Lipinski definition) is 0. The second-order valence-electron chi connectivity index (χ2n) is 11.6. The minimum absolute atomic E-state index is 0.100. The zero-order chi connectivity index (χ0) is 24.9. The van der Waals surface area contributed by atoms with Crippen molar-refractivity contribution in [2.45, 2.75) is 40.8 Å². The van der Waals surface area contributed by atoms with Gasteiger partial charge in [0, 0.05) is 16.8 Å². The second kappa shape index (κ2) is 7.16. The highest BCUT2D eigenvalue weighted by molar-refractivity contribution is 6.29. The summed E-state index contributed by atoms with van der Waals surface area (Å²) in [5.41, 5.74) is 8.32. The quantitative estimate of drug-likeness (QED) is 0.135. The van der Waals surface area contributed by atoms with Crippen LogP contribution in [0.2, 0.25) is 0 Å². The van der Waals surface area contributed by atoms with Crippen LogP contribution in [0.25, 0.3) is 59.8 Å². The van der Waals surface area contributed by atoms with E-state index in [0.29, 0.717) is 0 Å². The van der Waals surface area contributed by atoms with Crippen LogP contribution in [0.5, 0.6) is 0 Å². The first-order valence-electron chi connectivity index (χ1n) is 12.8. The molecule has 0 saturated heterocycles. The second-order valence-corrected chi connectivity index (χ2v) is 11.6. The van der Waals surface area contributed by atoms with Gasteiger partial charge < -0.3 is 4.40 Å². The molecule has 0 amide bonds. The fourth-order valence-electron chi connectivity index (χ4n) is 6.64. The molecule has 0 unspecified atom stereocenters. The van der Waals surface area contributed by atoms with E-state index in [1.807, 2.05) is 0 Å². The third-order valence-electron chi connectivity index (χ3n) is 7.98. The van der Waals surface area contributed by atoms with Crippen LogP contribution in [0.1, 0.15) is 37.5 Å². The summed E-state index contributed by atoms with van der Waals surface area (Å²) in [6.45, 7) is 8.74. The highest BCUT2D eigenvalue weighted by atomic mass is 19.1. The Labute approximate surface area is 209 Å². The summed E-state index contributed by atoms with van der Waals surface area (Å²) >= 11 is 0. The van der Waals surface area contributed by atoms with Gasteiger partial charge in [-0.2, -0.15) is 0 Å². The van der Waals surface area contributed by atoms with Crippen LogP contribution in [0.15, 0.2) is 66.9 Å². The summed E-state index contributed by atoms with van der Waals surface area (Å²) in [4.78, 5) is 0. The molecule has 2 nitrogen and oxygen atoms in total. The van der Waals surface area contributed by atoms with Crippen LogP contribution in [0.4, 0.5) is 4.39 Å². The number of alkyl halides is 1. The Hall–Kier alpha value is -3.72. The van der Waals surface area contributed by atoms with Crippen molar-refractivity contribution in [3.63, 3.8) is 0 Å². The van der Waals surface area contributed by atoms with Crippen LogP contribution < -0.4 is 4.57 Å². The average molecular weight is 474 g/mol. The van der Waals surface area contributed by atoms with Gasteiger partial charge in [-0.3, -0.25) is 0 Å². The molecule has 0 radical (unpaired) electrons. The summed E-state index contributed by atoms with van der Waals surface area (Å²) in [6, 6.07) is 21.6. The van der Waals surface area contributed by atoms with Crippen molar-refractivity contribution >= 4 is 59.8 Å². The fraction of sp³-hybridized carbons (Fsp3) is 0.242. The largest absolute Gasteiger partial charge is 0.307 e. The summed E-state index contributed by atoms with van der Waals surface area (Å²) in [5.74, 6) is 0. The standard InChI is InChI=1S/C33H30FN2/c1-19-22-10-6-7-11-23(22)25(17-33(2,3)4)30-27(19)31-29-20(14-15-35(31)5)16-21(18-34)28-24-12-8-9-13-26(24)36(30)32(28)29/h6-16H,17-18H2,1-5H3/q+1. The number of benzene rings is 4. The zero-order valence-electron chi connectivity index (χ0n) is 21.5. The molecule has 4 aromatic carbocycles. The van der Waals surface area contributed by atoms with E-state index < -0.39 is 6.67 Å². The van der Waals surface area contributed by atoms with E-state index in [1.54, 1.807) is 0 Å². The molecular weight excluding hydrogens is 443 g/mol. The van der Waals surface area contributed by atoms with Crippen LogP contribution in [-0.4, -0.2) is 4.40 Å². The van der Waals surface area contributed by atoms with Crippen LogP contribution in [0, 0.1) is 12.3 Å². The topological polar surface area (TPSA) is 8.29 Å². The lowest BCUT2D eigenvalue weighted by atomic mass is 9.83. The van der Waals surface area contributed by atoms with E-state index in [-0.39, 0.29) is 5.41 Å². The Kier molecular flexibility index (Phi) is 4.29. The number of aryl methyl sites for hydroxylation is 2. The minimum Gasteiger partial charge on any atom is -0.307 e. The van der Waals surface area contributed by atoms with Crippen molar-refractivity contribution in [1.82, 2.24) is 4.40 Å². The molecule has 0 aliphatic rings. The van der Waals surface area contributed by atoms with Gasteiger partial charge in [0.25, 0.3) is 0 Å². The molecule has 3 heterocycles. The third-order valence-corrected chi connectivity index (χ3v) is 7.98. The van der Waals surface area contributed by atoms with Crippen molar-refractivity contribution in [2.75, 3.05) is 0 Å². The highest BCUT2D eigenvalue weighted by Gasteiger charge is 2.29. The maximum Gasteiger partial charge on any atom is 0.224 e. The Morgan fingerprint density at radius 3 is 2.25 bits per heavy atom. The predicted molar refractivity (Wildman–Crippen MR) is 150 cm³/mol. The van der Waals surface area contributed by atoms with Gasteiger partial charge in [0.15, 0.2) is 6.20 Å². The van der Waals surface area contributed by atoms with Gasteiger partial charge in [-0.25, -0.2) is 8.96 Å². The van der Waals surface area contributed by atoms with Crippen molar-refractivity contribution < 1.29 is 8.96 Å². The first-order chi connectivity index (χ1) is 17.3. The first-order valence-corrected chi connectivity index (χ1v) is 12.8. The molecule has 7 rings (SSSR count). The number of aromatic nitrogens is 2. The fourth-order valence-corrected chi connectivity index (χ4v) is 6.64. The van der Waals surface area contributed by atoms with Gasteiger partial charge in [0.05, 0.1) is 27.3 Å². The molecule has 0 bridgehead atoms. The van der Waals surface area contributed by atoms with E-state index in [1.165, 1.54) is 43.7 Å². The summed E-state index contributed by atoms with van der Waals surface area (Å²) < 4.78 is 19.3. The van der Waals surface area contributed by atoms with Crippen molar-refractivity contribution in [1.29, 1.82) is 0 Å². The SMILES string of the molecule is Cc1c2ccccc2c(CC(C)(C)C)c2c1c1c3c(cc[n+]1C)cc(CF)c1c4ccccc4n2c13. The molecule has 178 valence electrons. The van der Waals surface area contributed by atoms with E-state index in [0.717, 1.165) is 39.2 Å². The van der Waals surface area contributed by atoms with Crippen LogP contribution in [0.3, 0.4) is 0 Å². The average Bonchev–Trinajstić information content (AvgIpc) is 3.21. The maximum atomic E-state index is 14.6. The molecule has 0 fully saturated rings. The molecular formula is C33H30FN2+. The first kappa shape index (κ1) is 21.6. The van der Waals surface area contributed by atoms with Gasteiger partial charge in [0.2, 0.25) is 5.52 Å². The summed E-state index contributed by atoms with van der Waals surface area (Å²) in [5, 5.41) is 8.41. The van der Waals surface area contributed by atoms with Gasteiger partial charge in [-0.15, -0.1) is 0 Å². The van der Waals surface area contributed by atoms with Crippen molar-refractivity contribution in [3.8, 4) is 0 Å². The van der Waals surface area contributed by atoms with Gasteiger partial charge >= 0.3 is 0 Å². The van der Waals surface area contributed by atoms with E-state index >= 15 is 0 Å². The van der Waals surface area contributed by atoms with Crippen LogP contribution >= 0.6 is 0 Å². The lowest BCUT2D eigenvalue weighted by Gasteiger charge is -2.24. The molecule has 3 aromatic heterocycles. The Morgan fingerprint density at radius 1 is 0.833 bits per heavy atom. The molecule has 0 spiro atoms. The van der Waals surface area contributed by atoms with Crippen LogP contribution in [-0.2, 0) is 20.1 Å². The number of fused-ring (bicyclic) bond motifs is 7. The van der Waals surface area contributed by atoms with Gasteiger partial charge in [-0.05, 0) is 63.7 Å². The molecule has 0 aliphatic carbocycles. The molecule has 0 saturated carbocycles. The third kappa shape index (κ3) is 2.69. The predicted octanol–water partition coefficient (Wildman–Crippen LogP) is 8.33. The van der Waals surface area contributed by atoms with Crippen molar-refractivity contribution in [3.05, 3.63) is 83.6 Å². The summed E-state index contributed by atoms with van der Waals surface area (Å²) in [7, 11) is 2.14. The number of pyridine rings is 2. The minimum atomic E-state index is -0.477. The van der Waals surface area contributed by atoms with E-state index in [2.05, 4.69) is 111 Å². The highest BCUT2D eigenvalue weighted by Crippen LogP contribution is 2.46. The lowest BCUT2D eigenvalue weighted by molar-refractivity contribution is -0.643.